The zero-order valence-corrected chi connectivity index (χ0v) is 12.8. The number of carbonyl (C=O) groups is 1. The Balaban J connectivity index is 1.70. The second-order valence-electron chi connectivity index (χ2n) is 5.65. The van der Waals surface area contributed by atoms with Gasteiger partial charge in [0.15, 0.2) is 0 Å². The van der Waals surface area contributed by atoms with Gasteiger partial charge >= 0.3 is 5.97 Å². The summed E-state index contributed by atoms with van der Waals surface area (Å²) in [6.07, 6.45) is 7.95. The highest BCUT2D eigenvalue weighted by Gasteiger charge is 2.21. The molecule has 0 radical (unpaired) electrons. The minimum atomic E-state index is -0.622. The van der Waals surface area contributed by atoms with Gasteiger partial charge < -0.3 is 5.11 Å². The Morgan fingerprint density at radius 2 is 1.95 bits per heavy atom. The van der Waals surface area contributed by atoms with Crippen molar-refractivity contribution in [1.82, 2.24) is 0 Å². The quantitative estimate of drug-likeness (QED) is 0.772. The Morgan fingerprint density at radius 1 is 1.25 bits per heavy atom. The van der Waals surface area contributed by atoms with Crippen LogP contribution in [0.3, 0.4) is 0 Å². The van der Waals surface area contributed by atoms with Crippen molar-refractivity contribution in [1.29, 1.82) is 0 Å². The number of rotatable bonds is 8. The third-order valence-corrected chi connectivity index (χ3v) is 5.58. The van der Waals surface area contributed by atoms with Crippen LogP contribution in [0.1, 0.15) is 44.1 Å². The molecule has 0 spiro atoms. The van der Waals surface area contributed by atoms with E-state index in [0.29, 0.717) is 5.25 Å². The highest BCUT2D eigenvalue weighted by molar-refractivity contribution is 7.99. The molecule has 1 aliphatic rings. The number of benzene rings is 1. The van der Waals surface area contributed by atoms with Crippen LogP contribution in [0, 0.1) is 5.92 Å². The fourth-order valence-corrected chi connectivity index (χ4v) is 4.26. The molecule has 1 aliphatic carbocycles. The topological polar surface area (TPSA) is 37.3 Å². The van der Waals surface area contributed by atoms with Crippen molar-refractivity contribution in [3.63, 3.8) is 0 Å². The average molecular weight is 292 g/mol. The zero-order valence-electron chi connectivity index (χ0n) is 12.0. The molecule has 110 valence electrons. The van der Waals surface area contributed by atoms with E-state index in [1.54, 1.807) is 0 Å². The van der Waals surface area contributed by atoms with Gasteiger partial charge in [-0.15, -0.1) is 0 Å². The Labute approximate surface area is 126 Å². The number of carboxylic acids is 1. The first kappa shape index (κ1) is 15.4. The Bertz CT molecular complexity index is 399. The van der Waals surface area contributed by atoms with E-state index >= 15 is 0 Å². The second kappa shape index (κ2) is 8.35. The van der Waals surface area contributed by atoms with Gasteiger partial charge in [0, 0.05) is 11.0 Å². The highest BCUT2D eigenvalue weighted by atomic mass is 32.2. The first-order chi connectivity index (χ1) is 9.75. The lowest BCUT2D eigenvalue weighted by Gasteiger charge is -2.15. The maximum atomic E-state index is 11.3. The van der Waals surface area contributed by atoms with E-state index in [4.69, 9.17) is 0 Å². The lowest BCUT2D eigenvalue weighted by Crippen LogP contribution is -2.18. The lowest BCUT2D eigenvalue weighted by atomic mass is 10.0. The maximum absolute atomic E-state index is 11.3. The number of hydrogen-bond donors (Lipinski definition) is 1. The number of aryl methyl sites for hydroxylation is 1. The average Bonchev–Trinajstić information content (AvgIpc) is 2.96. The van der Waals surface area contributed by atoms with Crippen LogP contribution in [-0.2, 0) is 11.2 Å². The summed E-state index contributed by atoms with van der Waals surface area (Å²) in [6, 6.07) is 10.3. The molecular weight excluding hydrogens is 268 g/mol. The van der Waals surface area contributed by atoms with Crippen LogP contribution in [0.5, 0.6) is 0 Å². The molecule has 0 amide bonds. The van der Waals surface area contributed by atoms with Crippen molar-refractivity contribution < 1.29 is 9.90 Å². The molecule has 2 rings (SSSR count). The fraction of sp³-hybridized carbons (Fsp3) is 0.588. The van der Waals surface area contributed by atoms with E-state index in [0.717, 1.165) is 25.0 Å². The molecule has 3 heteroatoms. The van der Waals surface area contributed by atoms with E-state index in [2.05, 4.69) is 12.1 Å². The van der Waals surface area contributed by atoms with E-state index in [1.165, 1.54) is 31.2 Å². The minimum absolute atomic E-state index is 0.177. The molecule has 1 saturated carbocycles. The van der Waals surface area contributed by atoms with E-state index < -0.39 is 5.97 Å². The summed E-state index contributed by atoms with van der Waals surface area (Å²) in [6.45, 7) is 0. The standard InChI is InChI=1S/C17H24O2S/c18-17(19)15(13-20-16-11-4-5-12-16)10-6-9-14-7-2-1-3-8-14/h1-3,7-8,15-16H,4-6,9-13H2,(H,18,19). The molecular formula is C17H24O2S. The van der Waals surface area contributed by atoms with Crippen LogP contribution < -0.4 is 0 Å². The normalized spacial score (nSPS) is 17.2. The Kier molecular flexibility index (Phi) is 6.44. The predicted molar refractivity (Wildman–Crippen MR) is 85.2 cm³/mol. The molecule has 1 aromatic rings. The Hall–Kier alpha value is -0.960. The predicted octanol–water partition coefficient (Wildman–Crippen LogP) is 4.39. The number of aliphatic carboxylic acids is 1. The van der Waals surface area contributed by atoms with Crippen LogP contribution in [0.4, 0.5) is 0 Å². The largest absolute Gasteiger partial charge is 0.481 e. The maximum Gasteiger partial charge on any atom is 0.307 e. The third-order valence-electron chi connectivity index (χ3n) is 4.05. The monoisotopic (exact) mass is 292 g/mol. The zero-order chi connectivity index (χ0) is 14.2. The third kappa shape index (κ3) is 5.20. The van der Waals surface area contributed by atoms with Crippen molar-refractivity contribution in [3.05, 3.63) is 35.9 Å². The van der Waals surface area contributed by atoms with Gasteiger partial charge in [0.1, 0.15) is 0 Å². The van der Waals surface area contributed by atoms with Gasteiger partial charge in [-0.3, -0.25) is 4.79 Å². The summed E-state index contributed by atoms with van der Waals surface area (Å²) in [4.78, 5) is 11.3. The fourth-order valence-electron chi connectivity index (χ4n) is 2.78. The van der Waals surface area contributed by atoms with Gasteiger partial charge in [-0.2, -0.15) is 11.8 Å². The summed E-state index contributed by atoms with van der Waals surface area (Å²) in [7, 11) is 0. The molecule has 0 saturated heterocycles. The molecule has 1 atom stereocenters. The molecule has 2 nitrogen and oxygen atoms in total. The van der Waals surface area contributed by atoms with Gasteiger partial charge in [-0.25, -0.2) is 0 Å². The van der Waals surface area contributed by atoms with E-state index in [1.807, 2.05) is 30.0 Å². The second-order valence-corrected chi connectivity index (χ2v) is 6.99. The SMILES string of the molecule is O=C(O)C(CCCc1ccccc1)CSC1CCCC1. The summed E-state index contributed by atoms with van der Waals surface area (Å²) >= 11 is 1.89. The van der Waals surface area contributed by atoms with Crippen LogP contribution >= 0.6 is 11.8 Å². The Morgan fingerprint density at radius 3 is 2.60 bits per heavy atom. The highest BCUT2D eigenvalue weighted by Crippen LogP contribution is 2.31. The van der Waals surface area contributed by atoms with Crippen molar-refractivity contribution >= 4 is 17.7 Å². The molecule has 0 aliphatic heterocycles. The lowest BCUT2D eigenvalue weighted by molar-refractivity contribution is -0.141. The van der Waals surface area contributed by atoms with E-state index in [-0.39, 0.29) is 5.92 Å². The molecule has 1 fully saturated rings. The number of thioether (sulfide) groups is 1. The summed E-state index contributed by atoms with van der Waals surface area (Å²) < 4.78 is 0. The minimum Gasteiger partial charge on any atom is -0.481 e. The van der Waals surface area contributed by atoms with Gasteiger partial charge in [-0.1, -0.05) is 43.2 Å². The first-order valence-corrected chi connectivity index (χ1v) is 8.69. The van der Waals surface area contributed by atoms with Gasteiger partial charge in [-0.05, 0) is 37.7 Å². The van der Waals surface area contributed by atoms with Crippen molar-refractivity contribution in [2.75, 3.05) is 5.75 Å². The smallest absolute Gasteiger partial charge is 0.307 e. The molecule has 0 bridgehead atoms. The molecule has 20 heavy (non-hydrogen) atoms. The molecule has 1 unspecified atom stereocenters. The number of hydrogen-bond acceptors (Lipinski definition) is 2. The molecule has 1 aromatic carbocycles. The van der Waals surface area contributed by atoms with E-state index in [9.17, 15) is 9.90 Å². The first-order valence-electron chi connectivity index (χ1n) is 7.64. The number of carboxylic acid groups (broad SMARTS) is 1. The van der Waals surface area contributed by atoms with Crippen molar-refractivity contribution in [2.24, 2.45) is 5.92 Å². The van der Waals surface area contributed by atoms with Crippen LogP contribution in [0.2, 0.25) is 0 Å². The summed E-state index contributed by atoms with van der Waals surface area (Å²) in [5.74, 6) is -0.0118. The van der Waals surface area contributed by atoms with Gasteiger partial charge in [0.25, 0.3) is 0 Å². The summed E-state index contributed by atoms with van der Waals surface area (Å²) in [5.41, 5.74) is 1.31. The molecule has 0 aromatic heterocycles. The van der Waals surface area contributed by atoms with Gasteiger partial charge in [0.2, 0.25) is 0 Å². The molecule has 1 N–H and O–H groups in total. The van der Waals surface area contributed by atoms with Crippen LogP contribution in [0.15, 0.2) is 30.3 Å². The van der Waals surface area contributed by atoms with Crippen LogP contribution in [0.25, 0.3) is 0 Å². The molecule has 0 heterocycles. The summed E-state index contributed by atoms with van der Waals surface area (Å²) in [5, 5.41) is 10.0. The van der Waals surface area contributed by atoms with Crippen molar-refractivity contribution in [3.8, 4) is 0 Å². The van der Waals surface area contributed by atoms with Crippen molar-refractivity contribution in [2.45, 2.75) is 50.2 Å². The van der Waals surface area contributed by atoms with Crippen LogP contribution in [-0.4, -0.2) is 22.1 Å². The van der Waals surface area contributed by atoms with Gasteiger partial charge in [0.05, 0.1) is 5.92 Å².